The minimum Gasteiger partial charge on any atom is -0.337 e. The number of hydrogen-bond acceptors (Lipinski definition) is 3. The van der Waals surface area contributed by atoms with Crippen LogP contribution in [0, 0.1) is 5.92 Å². The van der Waals surface area contributed by atoms with Crippen LogP contribution in [0.4, 0.5) is 13.2 Å². The van der Waals surface area contributed by atoms with Gasteiger partial charge < -0.3 is 4.90 Å². The molecule has 128 valence electrons. The molecule has 9 heteroatoms. The molecular weight excluding hydrogens is 389 g/mol. The summed E-state index contributed by atoms with van der Waals surface area (Å²) in [5, 5.41) is 7.71. The molecule has 0 N–H and O–H groups in total. The van der Waals surface area contributed by atoms with Gasteiger partial charge in [-0.25, -0.2) is 4.68 Å². The maximum absolute atomic E-state index is 12.9. The molecule has 0 spiro atoms. The Labute approximate surface area is 144 Å². The average molecular weight is 403 g/mol. The third kappa shape index (κ3) is 3.45. The van der Waals surface area contributed by atoms with Crippen LogP contribution in [-0.2, 0) is 0 Å². The SMILES string of the molecule is O=C(c1cn(-c2ccccc2Br)nn1)N1CCCC(C(F)(F)F)C1. The van der Waals surface area contributed by atoms with Gasteiger partial charge in [0.25, 0.3) is 5.91 Å². The van der Waals surface area contributed by atoms with Gasteiger partial charge in [0.15, 0.2) is 5.69 Å². The number of piperidine rings is 1. The number of likely N-dealkylation sites (tertiary alicyclic amines) is 1. The molecule has 0 radical (unpaired) electrons. The van der Waals surface area contributed by atoms with E-state index in [0.29, 0.717) is 18.7 Å². The van der Waals surface area contributed by atoms with E-state index in [9.17, 15) is 18.0 Å². The molecule has 1 aliphatic rings. The zero-order valence-electron chi connectivity index (χ0n) is 12.5. The smallest absolute Gasteiger partial charge is 0.337 e. The number of carbonyl (C=O) groups excluding carboxylic acids is 1. The topological polar surface area (TPSA) is 51.0 Å². The second kappa shape index (κ2) is 6.54. The van der Waals surface area contributed by atoms with Gasteiger partial charge in [0.2, 0.25) is 0 Å². The molecule has 1 unspecified atom stereocenters. The van der Waals surface area contributed by atoms with Crippen LogP contribution >= 0.6 is 15.9 Å². The Morgan fingerprint density at radius 2 is 2.04 bits per heavy atom. The monoisotopic (exact) mass is 402 g/mol. The van der Waals surface area contributed by atoms with Crippen molar-refractivity contribution in [3.8, 4) is 5.69 Å². The number of alkyl halides is 3. The number of rotatable bonds is 2. The summed E-state index contributed by atoms with van der Waals surface area (Å²) in [5.41, 5.74) is 0.726. The van der Waals surface area contributed by atoms with Gasteiger partial charge in [0, 0.05) is 17.6 Å². The average Bonchev–Trinajstić information content (AvgIpc) is 3.03. The fourth-order valence-corrected chi connectivity index (χ4v) is 3.17. The molecule has 5 nitrogen and oxygen atoms in total. The van der Waals surface area contributed by atoms with E-state index in [-0.39, 0.29) is 18.7 Å². The van der Waals surface area contributed by atoms with Crippen LogP contribution in [0.2, 0.25) is 0 Å². The number of hydrogen-bond donors (Lipinski definition) is 0. The largest absolute Gasteiger partial charge is 0.393 e. The molecule has 24 heavy (non-hydrogen) atoms. The van der Waals surface area contributed by atoms with Gasteiger partial charge in [0.05, 0.1) is 17.8 Å². The summed E-state index contributed by atoms with van der Waals surface area (Å²) in [6.45, 7) is -0.0302. The van der Waals surface area contributed by atoms with Gasteiger partial charge in [-0.1, -0.05) is 17.3 Å². The van der Waals surface area contributed by atoms with Gasteiger partial charge >= 0.3 is 6.18 Å². The van der Waals surface area contributed by atoms with Crippen LogP contribution in [-0.4, -0.2) is 45.1 Å². The van der Waals surface area contributed by atoms with Gasteiger partial charge in [0.1, 0.15) is 0 Å². The van der Waals surface area contributed by atoms with Crippen LogP contribution in [0.15, 0.2) is 34.9 Å². The molecule has 1 aromatic heterocycles. The normalized spacial score (nSPS) is 18.7. The molecule has 1 aromatic carbocycles. The maximum Gasteiger partial charge on any atom is 0.393 e. The lowest BCUT2D eigenvalue weighted by Crippen LogP contribution is -2.44. The molecular formula is C15H14BrF3N4O. The Morgan fingerprint density at radius 3 is 2.75 bits per heavy atom. The summed E-state index contributed by atoms with van der Waals surface area (Å²) in [5.74, 6) is -2.00. The highest BCUT2D eigenvalue weighted by atomic mass is 79.9. The van der Waals surface area contributed by atoms with Crippen molar-refractivity contribution in [1.82, 2.24) is 19.9 Å². The molecule has 0 bridgehead atoms. The van der Waals surface area contributed by atoms with E-state index in [1.54, 1.807) is 6.07 Å². The van der Waals surface area contributed by atoms with Gasteiger partial charge in [-0.15, -0.1) is 5.10 Å². The molecule has 1 amide bonds. The predicted octanol–water partition coefficient (Wildman–Crippen LogP) is 3.44. The fraction of sp³-hybridized carbons (Fsp3) is 0.400. The van der Waals surface area contributed by atoms with E-state index in [1.807, 2.05) is 18.2 Å². The van der Waals surface area contributed by atoms with Crippen LogP contribution < -0.4 is 0 Å². The Bertz CT molecular complexity index is 746. The quantitative estimate of drug-likeness (QED) is 0.772. The lowest BCUT2D eigenvalue weighted by Gasteiger charge is -2.33. The third-order valence-corrected chi connectivity index (χ3v) is 4.65. The Hall–Kier alpha value is -1.90. The molecule has 0 aliphatic carbocycles. The minimum atomic E-state index is -4.29. The van der Waals surface area contributed by atoms with E-state index in [4.69, 9.17) is 0 Å². The number of carbonyl (C=O) groups is 1. The number of benzene rings is 1. The van der Waals surface area contributed by atoms with Crippen LogP contribution in [0.3, 0.4) is 0 Å². The fourth-order valence-electron chi connectivity index (χ4n) is 2.71. The Balaban J connectivity index is 1.78. The highest BCUT2D eigenvalue weighted by molar-refractivity contribution is 9.10. The van der Waals surface area contributed by atoms with Crippen molar-refractivity contribution in [3.05, 3.63) is 40.6 Å². The standard InChI is InChI=1S/C15H14BrF3N4O/c16-11-5-1-2-6-13(11)23-9-12(20-21-23)14(24)22-7-3-4-10(8-22)15(17,18)19/h1-2,5-6,9-10H,3-4,7-8H2. The number of aromatic nitrogens is 3. The van der Waals surface area contributed by atoms with E-state index >= 15 is 0 Å². The first-order valence-corrected chi connectivity index (χ1v) is 8.19. The molecule has 1 atom stereocenters. The molecule has 0 saturated carbocycles. The summed E-state index contributed by atoms with van der Waals surface area (Å²) in [6, 6.07) is 7.24. The minimum absolute atomic E-state index is 0.0357. The summed E-state index contributed by atoms with van der Waals surface area (Å²) in [7, 11) is 0. The summed E-state index contributed by atoms with van der Waals surface area (Å²) in [6.07, 6.45) is -2.48. The molecule has 1 saturated heterocycles. The van der Waals surface area contributed by atoms with E-state index in [0.717, 1.165) is 4.47 Å². The molecule has 1 fully saturated rings. The predicted molar refractivity (Wildman–Crippen MR) is 83.7 cm³/mol. The number of amides is 1. The second-order valence-corrected chi connectivity index (χ2v) is 6.49. The first kappa shape index (κ1) is 16.9. The van der Waals surface area contributed by atoms with Crippen molar-refractivity contribution in [3.63, 3.8) is 0 Å². The number of para-hydroxylation sites is 1. The Kier molecular flexibility index (Phi) is 4.62. The molecule has 3 rings (SSSR count). The highest BCUT2D eigenvalue weighted by Crippen LogP contribution is 2.33. The van der Waals surface area contributed by atoms with Crippen molar-refractivity contribution < 1.29 is 18.0 Å². The van der Waals surface area contributed by atoms with E-state index < -0.39 is 18.0 Å². The highest BCUT2D eigenvalue weighted by Gasteiger charge is 2.43. The van der Waals surface area contributed by atoms with Crippen molar-refractivity contribution in [2.24, 2.45) is 5.92 Å². The molecule has 2 heterocycles. The zero-order valence-corrected chi connectivity index (χ0v) is 14.1. The lowest BCUT2D eigenvalue weighted by molar-refractivity contribution is -0.184. The van der Waals surface area contributed by atoms with Gasteiger partial charge in [-0.2, -0.15) is 13.2 Å². The molecule has 2 aromatic rings. The van der Waals surface area contributed by atoms with E-state index in [1.165, 1.54) is 15.8 Å². The van der Waals surface area contributed by atoms with Gasteiger partial charge in [-0.3, -0.25) is 4.79 Å². The van der Waals surface area contributed by atoms with Crippen molar-refractivity contribution in [2.45, 2.75) is 19.0 Å². The lowest BCUT2D eigenvalue weighted by atomic mass is 9.97. The van der Waals surface area contributed by atoms with Crippen LogP contribution in [0.25, 0.3) is 5.69 Å². The van der Waals surface area contributed by atoms with Gasteiger partial charge in [-0.05, 0) is 40.9 Å². The summed E-state index contributed by atoms with van der Waals surface area (Å²) < 4.78 is 40.8. The second-order valence-electron chi connectivity index (χ2n) is 5.63. The van der Waals surface area contributed by atoms with Crippen molar-refractivity contribution in [1.29, 1.82) is 0 Å². The molecule has 1 aliphatic heterocycles. The number of nitrogens with zero attached hydrogens (tertiary/aromatic N) is 4. The Morgan fingerprint density at radius 1 is 1.29 bits per heavy atom. The van der Waals surface area contributed by atoms with Crippen molar-refractivity contribution >= 4 is 21.8 Å². The van der Waals surface area contributed by atoms with Crippen LogP contribution in [0.1, 0.15) is 23.3 Å². The zero-order chi connectivity index (χ0) is 17.3. The first-order valence-electron chi connectivity index (χ1n) is 7.39. The van der Waals surface area contributed by atoms with E-state index in [2.05, 4.69) is 26.2 Å². The third-order valence-electron chi connectivity index (χ3n) is 3.98. The maximum atomic E-state index is 12.9. The number of halogens is 4. The van der Waals surface area contributed by atoms with Crippen molar-refractivity contribution in [2.75, 3.05) is 13.1 Å². The van der Waals surface area contributed by atoms with Crippen LogP contribution in [0.5, 0.6) is 0 Å². The first-order chi connectivity index (χ1) is 11.4. The summed E-state index contributed by atoms with van der Waals surface area (Å²) >= 11 is 3.38. The summed E-state index contributed by atoms with van der Waals surface area (Å²) in [4.78, 5) is 13.6.